The SMILES string of the molecule is CCC1CN(C(=O)CCNC2CC2)CCCO1. The van der Waals surface area contributed by atoms with Crippen molar-refractivity contribution in [2.45, 2.75) is 51.2 Å². The molecular weight excluding hydrogens is 216 g/mol. The Bertz CT molecular complexity index is 254. The van der Waals surface area contributed by atoms with E-state index >= 15 is 0 Å². The largest absolute Gasteiger partial charge is 0.376 e. The molecule has 2 rings (SSSR count). The minimum absolute atomic E-state index is 0.234. The monoisotopic (exact) mass is 240 g/mol. The van der Waals surface area contributed by atoms with Gasteiger partial charge < -0.3 is 15.0 Å². The van der Waals surface area contributed by atoms with Crippen LogP contribution in [0.15, 0.2) is 0 Å². The van der Waals surface area contributed by atoms with E-state index in [4.69, 9.17) is 4.74 Å². The lowest BCUT2D eigenvalue weighted by Gasteiger charge is -2.23. The van der Waals surface area contributed by atoms with Gasteiger partial charge in [0.25, 0.3) is 0 Å². The molecule has 0 spiro atoms. The first kappa shape index (κ1) is 12.8. The Morgan fingerprint density at radius 2 is 2.29 bits per heavy atom. The Morgan fingerprint density at radius 1 is 1.47 bits per heavy atom. The maximum atomic E-state index is 12.0. The van der Waals surface area contributed by atoms with Crippen molar-refractivity contribution >= 4 is 5.91 Å². The fourth-order valence-electron chi connectivity index (χ4n) is 2.20. The molecule has 4 nitrogen and oxygen atoms in total. The van der Waals surface area contributed by atoms with Crippen LogP contribution in [-0.4, -0.2) is 49.2 Å². The summed E-state index contributed by atoms with van der Waals surface area (Å²) in [7, 11) is 0. The van der Waals surface area contributed by atoms with Gasteiger partial charge in [0.2, 0.25) is 5.91 Å². The smallest absolute Gasteiger partial charge is 0.223 e. The Kier molecular flexibility index (Phi) is 4.80. The van der Waals surface area contributed by atoms with Gasteiger partial charge in [0, 0.05) is 38.7 Å². The number of hydrogen-bond acceptors (Lipinski definition) is 3. The van der Waals surface area contributed by atoms with E-state index in [1.807, 2.05) is 4.90 Å². The van der Waals surface area contributed by atoms with Crippen LogP contribution in [0.1, 0.15) is 39.0 Å². The highest BCUT2D eigenvalue weighted by Gasteiger charge is 2.23. The van der Waals surface area contributed by atoms with E-state index in [0.717, 1.165) is 39.1 Å². The number of hydrogen-bond donors (Lipinski definition) is 1. The summed E-state index contributed by atoms with van der Waals surface area (Å²) < 4.78 is 5.68. The highest BCUT2D eigenvalue weighted by molar-refractivity contribution is 5.76. The van der Waals surface area contributed by atoms with Crippen molar-refractivity contribution in [3.63, 3.8) is 0 Å². The molecule has 4 heteroatoms. The topological polar surface area (TPSA) is 41.6 Å². The zero-order valence-electron chi connectivity index (χ0n) is 10.8. The molecule has 1 aliphatic carbocycles. The summed E-state index contributed by atoms with van der Waals surface area (Å²) in [6.07, 6.45) is 5.39. The van der Waals surface area contributed by atoms with Gasteiger partial charge in [0.1, 0.15) is 0 Å². The fourth-order valence-corrected chi connectivity index (χ4v) is 2.20. The van der Waals surface area contributed by atoms with Crippen LogP contribution in [-0.2, 0) is 9.53 Å². The maximum Gasteiger partial charge on any atom is 0.223 e. The Hall–Kier alpha value is -0.610. The van der Waals surface area contributed by atoms with Gasteiger partial charge in [-0.15, -0.1) is 0 Å². The van der Waals surface area contributed by atoms with Gasteiger partial charge in [0.05, 0.1) is 6.10 Å². The van der Waals surface area contributed by atoms with Crippen molar-refractivity contribution in [3.8, 4) is 0 Å². The van der Waals surface area contributed by atoms with Gasteiger partial charge >= 0.3 is 0 Å². The molecular formula is C13H24N2O2. The Balaban J connectivity index is 1.71. The van der Waals surface area contributed by atoms with Crippen molar-refractivity contribution < 1.29 is 9.53 Å². The van der Waals surface area contributed by atoms with Crippen LogP contribution in [0.2, 0.25) is 0 Å². The average Bonchev–Trinajstić information content (AvgIpc) is 3.14. The zero-order chi connectivity index (χ0) is 12.1. The maximum absolute atomic E-state index is 12.0. The molecule has 1 heterocycles. The van der Waals surface area contributed by atoms with Crippen molar-refractivity contribution in [2.24, 2.45) is 0 Å². The third-order valence-corrected chi connectivity index (χ3v) is 3.51. The standard InChI is InChI=1S/C13H24N2O2/c1-2-12-10-15(8-3-9-17-12)13(16)6-7-14-11-4-5-11/h11-12,14H,2-10H2,1H3. The Morgan fingerprint density at radius 3 is 3.00 bits per heavy atom. The molecule has 1 atom stereocenters. The number of nitrogens with one attached hydrogen (secondary N) is 1. The lowest BCUT2D eigenvalue weighted by Crippen LogP contribution is -2.38. The average molecular weight is 240 g/mol. The molecule has 1 saturated heterocycles. The second-order valence-corrected chi connectivity index (χ2v) is 5.07. The quantitative estimate of drug-likeness (QED) is 0.784. The van der Waals surface area contributed by atoms with Crippen molar-refractivity contribution in [1.29, 1.82) is 0 Å². The predicted octanol–water partition coefficient (Wildman–Crippen LogP) is 1.16. The molecule has 2 aliphatic rings. The molecule has 0 aromatic carbocycles. The Labute approximate surface area is 104 Å². The van der Waals surface area contributed by atoms with Crippen LogP contribution >= 0.6 is 0 Å². The van der Waals surface area contributed by atoms with Gasteiger partial charge in [0.15, 0.2) is 0 Å². The van der Waals surface area contributed by atoms with E-state index in [1.54, 1.807) is 0 Å². The van der Waals surface area contributed by atoms with Gasteiger partial charge in [-0.2, -0.15) is 0 Å². The fraction of sp³-hybridized carbons (Fsp3) is 0.923. The van der Waals surface area contributed by atoms with Crippen LogP contribution in [0.5, 0.6) is 0 Å². The molecule has 1 unspecified atom stereocenters. The summed E-state index contributed by atoms with van der Waals surface area (Å²) in [6, 6.07) is 0.693. The van der Waals surface area contributed by atoms with Crippen molar-refractivity contribution in [1.82, 2.24) is 10.2 Å². The van der Waals surface area contributed by atoms with E-state index in [2.05, 4.69) is 12.2 Å². The molecule has 1 aliphatic heterocycles. The number of carbonyl (C=O) groups excluding carboxylic acids is 1. The normalized spacial score (nSPS) is 25.7. The lowest BCUT2D eigenvalue weighted by molar-refractivity contribution is -0.131. The van der Waals surface area contributed by atoms with E-state index < -0.39 is 0 Å². The van der Waals surface area contributed by atoms with Crippen LogP contribution in [0.4, 0.5) is 0 Å². The first-order valence-corrected chi connectivity index (χ1v) is 6.92. The van der Waals surface area contributed by atoms with E-state index in [9.17, 15) is 4.79 Å². The van der Waals surface area contributed by atoms with Gasteiger partial charge in [-0.3, -0.25) is 4.79 Å². The zero-order valence-corrected chi connectivity index (χ0v) is 10.8. The first-order chi connectivity index (χ1) is 8.29. The summed E-state index contributed by atoms with van der Waals surface area (Å²) >= 11 is 0. The van der Waals surface area contributed by atoms with Gasteiger partial charge in [-0.05, 0) is 25.7 Å². The van der Waals surface area contributed by atoms with Crippen molar-refractivity contribution in [3.05, 3.63) is 0 Å². The second kappa shape index (κ2) is 6.36. The minimum atomic E-state index is 0.234. The predicted molar refractivity (Wildman–Crippen MR) is 66.9 cm³/mol. The van der Waals surface area contributed by atoms with Crippen LogP contribution in [0.3, 0.4) is 0 Å². The van der Waals surface area contributed by atoms with Gasteiger partial charge in [-0.25, -0.2) is 0 Å². The molecule has 2 fully saturated rings. The molecule has 0 radical (unpaired) electrons. The third-order valence-electron chi connectivity index (χ3n) is 3.51. The molecule has 1 N–H and O–H groups in total. The van der Waals surface area contributed by atoms with E-state index in [-0.39, 0.29) is 12.0 Å². The molecule has 98 valence electrons. The summed E-state index contributed by atoms with van der Waals surface area (Å²) in [4.78, 5) is 14.0. The van der Waals surface area contributed by atoms with Crippen LogP contribution in [0, 0.1) is 0 Å². The van der Waals surface area contributed by atoms with E-state index in [1.165, 1.54) is 12.8 Å². The summed E-state index contributed by atoms with van der Waals surface area (Å²) in [6.45, 7) is 5.38. The molecule has 0 aromatic heterocycles. The number of nitrogens with zero attached hydrogens (tertiary/aromatic N) is 1. The molecule has 0 aromatic rings. The molecule has 0 bridgehead atoms. The number of amides is 1. The summed E-state index contributed by atoms with van der Waals surface area (Å²) in [5, 5.41) is 3.39. The van der Waals surface area contributed by atoms with Crippen LogP contribution in [0.25, 0.3) is 0 Å². The van der Waals surface area contributed by atoms with Gasteiger partial charge in [-0.1, -0.05) is 6.92 Å². The summed E-state index contributed by atoms with van der Waals surface area (Å²) in [5.41, 5.74) is 0. The highest BCUT2D eigenvalue weighted by Crippen LogP contribution is 2.18. The van der Waals surface area contributed by atoms with E-state index in [0.29, 0.717) is 12.5 Å². The molecule has 1 amide bonds. The lowest BCUT2D eigenvalue weighted by atomic mass is 10.2. The first-order valence-electron chi connectivity index (χ1n) is 6.92. The third kappa shape index (κ3) is 4.28. The highest BCUT2D eigenvalue weighted by atomic mass is 16.5. The number of ether oxygens (including phenoxy) is 1. The molecule has 17 heavy (non-hydrogen) atoms. The molecule has 1 saturated carbocycles. The summed E-state index contributed by atoms with van der Waals surface area (Å²) in [5.74, 6) is 0.280. The van der Waals surface area contributed by atoms with Crippen molar-refractivity contribution in [2.75, 3.05) is 26.2 Å². The second-order valence-electron chi connectivity index (χ2n) is 5.07. The number of carbonyl (C=O) groups is 1. The van der Waals surface area contributed by atoms with Crippen LogP contribution < -0.4 is 5.32 Å². The number of rotatable bonds is 5. The minimum Gasteiger partial charge on any atom is -0.376 e.